The number of aryl methyl sites for hydroxylation is 2. The van der Waals surface area contributed by atoms with Crippen molar-refractivity contribution < 1.29 is 14.6 Å². The van der Waals surface area contributed by atoms with Crippen LogP contribution < -0.4 is 10.1 Å². The topological polar surface area (TPSA) is 58.6 Å². The van der Waals surface area contributed by atoms with Crippen LogP contribution in [-0.2, 0) is 4.79 Å². The molecule has 1 unspecified atom stereocenters. The molecule has 0 radical (unpaired) electrons. The van der Waals surface area contributed by atoms with Crippen molar-refractivity contribution in [3.8, 4) is 5.75 Å². The van der Waals surface area contributed by atoms with E-state index >= 15 is 0 Å². The van der Waals surface area contributed by atoms with Crippen LogP contribution in [0.4, 0.5) is 0 Å². The smallest absolute Gasteiger partial charge is 0.258 e. The molecule has 0 saturated carbocycles. The molecule has 2 N–H and O–H groups in total. The quantitative estimate of drug-likeness (QED) is 0.855. The minimum atomic E-state index is -0.664. The Bertz CT molecular complexity index is 453. The molecule has 1 aromatic carbocycles. The lowest BCUT2D eigenvalue weighted by Crippen LogP contribution is -2.52. The number of aliphatic hydroxyl groups excluding tert-OH is 1. The number of hydrogen-bond donors (Lipinski definition) is 2. The van der Waals surface area contributed by atoms with Gasteiger partial charge in [0.2, 0.25) is 0 Å². The molecule has 0 aromatic heterocycles. The fourth-order valence-corrected chi connectivity index (χ4v) is 1.60. The van der Waals surface area contributed by atoms with Crippen molar-refractivity contribution >= 4 is 5.91 Å². The van der Waals surface area contributed by atoms with Crippen LogP contribution in [0, 0.1) is 13.8 Å². The molecule has 1 atom stereocenters. The van der Waals surface area contributed by atoms with E-state index in [1.807, 2.05) is 32.0 Å². The zero-order valence-corrected chi connectivity index (χ0v) is 12.3. The van der Waals surface area contributed by atoms with Crippen molar-refractivity contribution in [3.05, 3.63) is 29.3 Å². The highest BCUT2D eigenvalue weighted by Gasteiger charge is 2.26. The SMILES string of the molecule is Cc1ccc(OCC(=O)NC(C)(C)C(C)O)c(C)c1. The molecular weight excluding hydrogens is 242 g/mol. The van der Waals surface area contributed by atoms with Crippen LogP contribution in [-0.4, -0.2) is 29.3 Å². The van der Waals surface area contributed by atoms with E-state index in [1.54, 1.807) is 20.8 Å². The third kappa shape index (κ3) is 4.56. The normalized spacial score (nSPS) is 12.9. The van der Waals surface area contributed by atoms with Gasteiger partial charge in [-0.05, 0) is 46.2 Å². The minimum absolute atomic E-state index is 0.0555. The molecular formula is C15H23NO3. The van der Waals surface area contributed by atoms with E-state index in [4.69, 9.17) is 4.74 Å². The van der Waals surface area contributed by atoms with E-state index in [-0.39, 0.29) is 12.5 Å². The maximum atomic E-state index is 11.8. The largest absolute Gasteiger partial charge is 0.484 e. The van der Waals surface area contributed by atoms with Crippen molar-refractivity contribution in [1.82, 2.24) is 5.32 Å². The standard InChI is InChI=1S/C15H23NO3/c1-10-6-7-13(11(2)8-10)19-9-14(18)16-15(4,5)12(3)17/h6-8,12,17H,9H2,1-5H3,(H,16,18). The van der Waals surface area contributed by atoms with E-state index in [0.717, 1.165) is 11.1 Å². The fraction of sp³-hybridized carbons (Fsp3) is 0.533. The first-order chi connectivity index (χ1) is 8.72. The first kappa shape index (κ1) is 15.5. The van der Waals surface area contributed by atoms with E-state index in [1.165, 1.54) is 0 Å². The van der Waals surface area contributed by atoms with Crippen molar-refractivity contribution in [2.45, 2.75) is 46.3 Å². The van der Waals surface area contributed by atoms with E-state index < -0.39 is 11.6 Å². The number of hydrogen-bond acceptors (Lipinski definition) is 3. The molecule has 0 aliphatic carbocycles. The number of nitrogens with one attached hydrogen (secondary N) is 1. The van der Waals surface area contributed by atoms with Crippen LogP contribution in [0.1, 0.15) is 31.9 Å². The third-order valence-corrected chi connectivity index (χ3v) is 3.20. The van der Waals surface area contributed by atoms with Crippen molar-refractivity contribution in [3.63, 3.8) is 0 Å². The van der Waals surface area contributed by atoms with Crippen LogP contribution in [0.2, 0.25) is 0 Å². The van der Waals surface area contributed by atoms with Crippen molar-refractivity contribution in [1.29, 1.82) is 0 Å². The van der Waals surface area contributed by atoms with Gasteiger partial charge in [-0.25, -0.2) is 0 Å². The van der Waals surface area contributed by atoms with Gasteiger partial charge in [-0.1, -0.05) is 17.7 Å². The summed E-state index contributed by atoms with van der Waals surface area (Å²) in [7, 11) is 0. The van der Waals surface area contributed by atoms with Crippen LogP contribution in [0.25, 0.3) is 0 Å². The Kier molecular flexibility index (Phi) is 4.95. The summed E-state index contributed by atoms with van der Waals surface area (Å²) in [5.41, 5.74) is 1.50. The molecule has 4 heteroatoms. The number of ether oxygens (including phenoxy) is 1. The minimum Gasteiger partial charge on any atom is -0.484 e. The Labute approximate surface area is 114 Å². The lowest BCUT2D eigenvalue weighted by atomic mass is 9.99. The third-order valence-electron chi connectivity index (χ3n) is 3.20. The van der Waals surface area contributed by atoms with Gasteiger partial charge in [0.25, 0.3) is 5.91 Å². The number of benzene rings is 1. The van der Waals surface area contributed by atoms with Gasteiger partial charge < -0.3 is 15.2 Å². The van der Waals surface area contributed by atoms with Crippen molar-refractivity contribution in [2.75, 3.05) is 6.61 Å². The van der Waals surface area contributed by atoms with Gasteiger partial charge in [0.05, 0.1) is 11.6 Å². The first-order valence-corrected chi connectivity index (χ1v) is 6.41. The number of carbonyl (C=O) groups is 1. The maximum absolute atomic E-state index is 11.8. The molecule has 1 amide bonds. The van der Waals surface area contributed by atoms with Gasteiger partial charge in [0, 0.05) is 0 Å². The van der Waals surface area contributed by atoms with E-state index in [2.05, 4.69) is 5.32 Å². The number of carbonyl (C=O) groups excluding carboxylic acids is 1. The van der Waals surface area contributed by atoms with E-state index in [9.17, 15) is 9.90 Å². The van der Waals surface area contributed by atoms with Gasteiger partial charge in [-0.3, -0.25) is 4.79 Å². The summed E-state index contributed by atoms with van der Waals surface area (Å²) >= 11 is 0. The molecule has 0 spiro atoms. The molecule has 0 heterocycles. The molecule has 106 valence electrons. The highest BCUT2D eigenvalue weighted by Crippen LogP contribution is 2.18. The monoisotopic (exact) mass is 265 g/mol. The molecule has 1 aromatic rings. The summed E-state index contributed by atoms with van der Waals surface area (Å²) in [5, 5.41) is 12.3. The maximum Gasteiger partial charge on any atom is 0.258 e. The Morgan fingerprint density at radius 3 is 2.58 bits per heavy atom. The summed E-state index contributed by atoms with van der Waals surface area (Å²) < 4.78 is 5.49. The first-order valence-electron chi connectivity index (χ1n) is 6.41. The van der Waals surface area contributed by atoms with Gasteiger partial charge in [0.15, 0.2) is 6.61 Å². The van der Waals surface area contributed by atoms with Gasteiger partial charge in [0.1, 0.15) is 5.75 Å². The number of rotatable bonds is 5. The molecule has 0 saturated heterocycles. The Balaban J connectivity index is 2.55. The summed E-state index contributed by atoms with van der Waals surface area (Å²) in [4.78, 5) is 11.8. The Hall–Kier alpha value is -1.55. The fourth-order valence-electron chi connectivity index (χ4n) is 1.60. The number of amides is 1. The van der Waals surface area contributed by atoms with Gasteiger partial charge in [-0.2, -0.15) is 0 Å². The predicted molar refractivity (Wildman–Crippen MR) is 75.3 cm³/mol. The lowest BCUT2D eigenvalue weighted by Gasteiger charge is -2.29. The summed E-state index contributed by atoms with van der Waals surface area (Å²) in [6.45, 7) is 9.08. The van der Waals surface area contributed by atoms with Crippen LogP contribution >= 0.6 is 0 Å². The van der Waals surface area contributed by atoms with E-state index in [0.29, 0.717) is 5.75 Å². The Morgan fingerprint density at radius 1 is 1.42 bits per heavy atom. The second-order valence-electron chi connectivity index (χ2n) is 5.50. The van der Waals surface area contributed by atoms with Gasteiger partial charge >= 0.3 is 0 Å². The highest BCUT2D eigenvalue weighted by atomic mass is 16.5. The average molecular weight is 265 g/mol. The highest BCUT2D eigenvalue weighted by molar-refractivity contribution is 5.78. The molecule has 1 rings (SSSR count). The summed E-state index contributed by atoms with van der Waals surface area (Å²) in [5.74, 6) is 0.460. The molecule has 0 aliphatic heterocycles. The summed E-state index contributed by atoms with van der Waals surface area (Å²) in [6.07, 6.45) is -0.627. The molecule has 0 fully saturated rings. The predicted octanol–water partition coefficient (Wildman–Crippen LogP) is 1.96. The van der Waals surface area contributed by atoms with Crippen molar-refractivity contribution in [2.24, 2.45) is 0 Å². The zero-order valence-electron chi connectivity index (χ0n) is 12.3. The lowest BCUT2D eigenvalue weighted by molar-refractivity contribution is -0.126. The molecule has 4 nitrogen and oxygen atoms in total. The second-order valence-corrected chi connectivity index (χ2v) is 5.50. The van der Waals surface area contributed by atoms with Crippen LogP contribution in [0.5, 0.6) is 5.75 Å². The zero-order chi connectivity index (χ0) is 14.6. The summed E-state index contributed by atoms with van der Waals surface area (Å²) in [6, 6.07) is 5.81. The second kappa shape index (κ2) is 6.06. The number of aliphatic hydroxyl groups is 1. The average Bonchev–Trinajstić information content (AvgIpc) is 2.27. The molecule has 0 bridgehead atoms. The van der Waals surface area contributed by atoms with Crippen LogP contribution in [0.15, 0.2) is 18.2 Å². The molecule has 19 heavy (non-hydrogen) atoms. The Morgan fingerprint density at radius 2 is 2.05 bits per heavy atom. The van der Waals surface area contributed by atoms with Gasteiger partial charge in [-0.15, -0.1) is 0 Å². The molecule has 0 aliphatic rings. The van der Waals surface area contributed by atoms with Crippen LogP contribution in [0.3, 0.4) is 0 Å².